The summed E-state index contributed by atoms with van der Waals surface area (Å²) in [6.07, 6.45) is 0.877. The largest absolute Gasteiger partial charge is 0.351 e. The number of rotatable bonds is 5. The standard InChI is InChI=1S/C9H13N3O2S/c10-9(14)12-8(13)6-11-4-3-7-2-1-5-15-7/h1-2,5,11H,3-4,6H2,(H3,10,12,13,14). The van der Waals surface area contributed by atoms with E-state index in [0.29, 0.717) is 6.54 Å². The van der Waals surface area contributed by atoms with Crippen LogP contribution < -0.4 is 16.4 Å². The van der Waals surface area contributed by atoms with Gasteiger partial charge in [0, 0.05) is 11.4 Å². The molecule has 0 bridgehead atoms. The van der Waals surface area contributed by atoms with Crippen LogP contribution >= 0.6 is 11.3 Å². The van der Waals surface area contributed by atoms with Crippen LogP contribution in [0.4, 0.5) is 4.79 Å². The fourth-order valence-corrected chi connectivity index (χ4v) is 1.76. The fraction of sp³-hybridized carbons (Fsp3) is 0.333. The Labute approximate surface area is 91.7 Å². The highest BCUT2D eigenvalue weighted by molar-refractivity contribution is 7.09. The van der Waals surface area contributed by atoms with E-state index < -0.39 is 11.9 Å². The van der Waals surface area contributed by atoms with Gasteiger partial charge >= 0.3 is 6.03 Å². The van der Waals surface area contributed by atoms with Crippen LogP contribution in [0, 0.1) is 0 Å². The van der Waals surface area contributed by atoms with Gasteiger partial charge in [-0.1, -0.05) is 6.07 Å². The Morgan fingerprint density at radius 3 is 2.87 bits per heavy atom. The normalized spacial score (nSPS) is 9.87. The molecule has 3 amide bonds. The highest BCUT2D eigenvalue weighted by atomic mass is 32.1. The molecule has 0 aliphatic heterocycles. The van der Waals surface area contributed by atoms with Crippen molar-refractivity contribution in [2.45, 2.75) is 6.42 Å². The molecule has 1 aromatic heterocycles. The molecule has 15 heavy (non-hydrogen) atoms. The number of amides is 3. The van der Waals surface area contributed by atoms with Crippen LogP contribution in [0.1, 0.15) is 4.88 Å². The summed E-state index contributed by atoms with van der Waals surface area (Å²) in [5, 5.41) is 6.90. The van der Waals surface area contributed by atoms with Crippen molar-refractivity contribution in [3.8, 4) is 0 Å². The number of carbonyl (C=O) groups excluding carboxylic acids is 2. The van der Waals surface area contributed by atoms with Gasteiger partial charge in [0.1, 0.15) is 0 Å². The molecule has 0 atom stereocenters. The highest BCUT2D eigenvalue weighted by Gasteiger charge is 2.02. The quantitative estimate of drug-likeness (QED) is 0.623. The van der Waals surface area contributed by atoms with E-state index in [-0.39, 0.29) is 6.54 Å². The minimum absolute atomic E-state index is 0.105. The number of carbonyl (C=O) groups is 2. The first-order valence-corrected chi connectivity index (χ1v) is 5.39. The lowest BCUT2D eigenvalue weighted by Gasteiger charge is -2.02. The first-order chi connectivity index (χ1) is 7.18. The molecule has 6 heteroatoms. The van der Waals surface area contributed by atoms with Crippen molar-refractivity contribution in [1.82, 2.24) is 10.6 Å². The zero-order valence-corrected chi connectivity index (χ0v) is 8.97. The molecule has 0 fully saturated rings. The summed E-state index contributed by atoms with van der Waals surface area (Å²) in [6, 6.07) is 3.20. The van der Waals surface area contributed by atoms with Crippen LogP contribution in [-0.4, -0.2) is 25.0 Å². The van der Waals surface area contributed by atoms with E-state index in [0.717, 1.165) is 6.42 Å². The number of nitrogens with one attached hydrogen (secondary N) is 2. The van der Waals surface area contributed by atoms with Crippen molar-refractivity contribution in [2.75, 3.05) is 13.1 Å². The van der Waals surface area contributed by atoms with Crippen LogP contribution in [-0.2, 0) is 11.2 Å². The zero-order valence-electron chi connectivity index (χ0n) is 8.16. The Hall–Kier alpha value is -1.40. The third-order valence-corrected chi connectivity index (χ3v) is 2.61. The van der Waals surface area contributed by atoms with Crippen molar-refractivity contribution in [2.24, 2.45) is 5.73 Å². The van der Waals surface area contributed by atoms with E-state index in [1.165, 1.54) is 4.88 Å². The first kappa shape index (κ1) is 11.7. The van der Waals surface area contributed by atoms with E-state index in [4.69, 9.17) is 5.73 Å². The molecule has 1 rings (SSSR count). The predicted octanol–water partition coefficient (Wildman–Crippen LogP) is 0.0751. The van der Waals surface area contributed by atoms with Gasteiger partial charge in [0.25, 0.3) is 0 Å². The van der Waals surface area contributed by atoms with Crippen LogP contribution in [0.25, 0.3) is 0 Å². The second kappa shape index (κ2) is 6.15. The summed E-state index contributed by atoms with van der Waals surface area (Å²) in [7, 11) is 0. The van der Waals surface area contributed by atoms with Gasteiger partial charge in [-0.2, -0.15) is 0 Å². The fourth-order valence-electron chi connectivity index (χ4n) is 1.05. The van der Waals surface area contributed by atoms with Crippen LogP contribution in [0.5, 0.6) is 0 Å². The lowest BCUT2D eigenvalue weighted by molar-refractivity contribution is -0.119. The highest BCUT2D eigenvalue weighted by Crippen LogP contribution is 2.07. The van der Waals surface area contributed by atoms with Gasteiger partial charge < -0.3 is 11.1 Å². The van der Waals surface area contributed by atoms with E-state index >= 15 is 0 Å². The van der Waals surface area contributed by atoms with Crippen LogP contribution in [0.15, 0.2) is 17.5 Å². The summed E-state index contributed by atoms with van der Waals surface area (Å²) < 4.78 is 0. The molecule has 0 aliphatic rings. The third kappa shape index (κ3) is 5.14. The molecule has 0 radical (unpaired) electrons. The van der Waals surface area contributed by atoms with Gasteiger partial charge in [-0.25, -0.2) is 4.79 Å². The molecule has 5 nitrogen and oxygen atoms in total. The predicted molar refractivity (Wildman–Crippen MR) is 58.6 cm³/mol. The molecule has 82 valence electrons. The first-order valence-electron chi connectivity index (χ1n) is 4.51. The number of thiophene rings is 1. The summed E-state index contributed by atoms with van der Waals surface area (Å²) in [5.41, 5.74) is 4.78. The number of hydrogen-bond acceptors (Lipinski definition) is 4. The molecule has 0 saturated carbocycles. The van der Waals surface area contributed by atoms with E-state index in [1.54, 1.807) is 11.3 Å². The maximum Gasteiger partial charge on any atom is 0.318 e. The minimum Gasteiger partial charge on any atom is -0.351 e. The molecular formula is C9H13N3O2S. The Morgan fingerprint density at radius 1 is 1.47 bits per heavy atom. The minimum atomic E-state index is -0.819. The summed E-state index contributed by atoms with van der Waals surface area (Å²) in [5.74, 6) is -0.409. The lowest BCUT2D eigenvalue weighted by atomic mass is 10.3. The SMILES string of the molecule is NC(=O)NC(=O)CNCCc1cccs1. The summed E-state index contributed by atoms with van der Waals surface area (Å²) in [4.78, 5) is 22.5. The van der Waals surface area contributed by atoms with E-state index in [1.807, 2.05) is 22.8 Å². The lowest BCUT2D eigenvalue weighted by Crippen LogP contribution is -2.40. The maximum atomic E-state index is 10.9. The number of urea groups is 1. The second-order valence-electron chi connectivity index (χ2n) is 2.92. The van der Waals surface area contributed by atoms with Crippen molar-refractivity contribution < 1.29 is 9.59 Å². The third-order valence-electron chi connectivity index (χ3n) is 1.68. The number of nitrogens with two attached hydrogens (primary N) is 1. The molecule has 0 saturated heterocycles. The van der Waals surface area contributed by atoms with Gasteiger partial charge in [-0.15, -0.1) is 11.3 Å². The topological polar surface area (TPSA) is 84.2 Å². The smallest absolute Gasteiger partial charge is 0.318 e. The van der Waals surface area contributed by atoms with Gasteiger partial charge in [-0.05, 0) is 17.9 Å². The van der Waals surface area contributed by atoms with Crippen LogP contribution in [0.3, 0.4) is 0 Å². The molecule has 0 unspecified atom stereocenters. The molecule has 0 spiro atoms. The Balaban J connectivity index is 2.06. The average Bonchev–Trinajstić information content (AvgIpc) is 2.63. The maximum absolute atomic E-state index is 10.9. The second-order valence-corrected chi connectivity index (χ2v) is 3.95. The molecule has 0 aliphatic carbocycles. The van der Waals surface area contributed by atoms with Gasteiger partial charge in [0.05, 0.1) is 6.54 Å². The van der Waals surface area contributed by atoms with Gasteiger partial charge in [0.15, 0.2) is 0 Å². The molecular weight excluding hydrogens is 214 g/mol. The van der Waals surface area contributed by atoms with E-state index in [9.17, 15) is 9.59 Å². The molecule has 4 N–H and O–H groups in total. The van der Waals surface area contributed by atoms with E-state index in [2.05, 4.69) is 5.32 Å². The van der Waals surface area contributed by atoms with Gasteiger partial charge in [0.2, 0.25) is 5.91 Å². The zero-order chi connectivity index (χ0) is 11.1. The Bertz CT molecular complexity index is 324. The summed E-state index contributed by atoms with van der Waals surface area (Å²) >= 11 is 1.68. The Kier molecular flexibility index (Phi) is 4.79. The van der Waals surface area contributed by atoms with Crippen LogP contribution in [0.2, 0.25) is 0 Å². The van der Waals surface area contributed by atoms with Crippen molar-refractivity contribution in [3.05, 3.63) is 22.4 Å². The molecule has 1 aromatic rings. The van der Waals surface area contributed by atoms with Crippen molar-refractivity contribution in [1.29, 1.82) is 0 Å². The van der Waals surface area contributed by atoms with Gasteiger partial charge in [-0.3, -0.25) is 10.1 Å². The molecule has 0 aromatic carbocycles. The van der Waals surface area contributed by atoms with Crippen molar-refractivity contribution in [3.63, 3.8) is 0 Å². The molecule has 1 heterocycles. The average molecular weight is 227 g/mol. The number of primary amides is 1. The van der Waals surface area contributed by atoms with Crippen molar-refractivity contribution >= 4 is 23.3 Å². The number of imide groups is 1. The number of hydrogen-bond donors (Lipinski definition) is 3. The monoisotopic (exact) mass is 227 g/mol. The summed E-state index contributed by atoms with van der Waals surface area (Å²) in [6.45, 7) is 0.807. The Morgan fingerprint density at radius 2 is 2.27 bits per heavy atom.